The van der Waals surface area contributed by atoms with E-state index in [0.717, 1.165) is 72.6 Å². The highest BCUT2D eigenvalue weighted by atomic mass is 16.5. The van der Waals surface area contributed by atoms with E-state index in [9.17, 15) is 0 Å². The Balaban J connectivity index is 1.29. The van der Waals surface area contributed by atoms with Crippen molar-refractivity contribution in [1.29, 1.82) is 0 Å². The van der Waals surface area contributed by atoms with Gasteiger partial charge in [-0.25, -0.2) is 4.98 Å². The number of hydrogen-bond acceptors (Lipinski definition) is 2. The van der Waals surface area contributed by atoms with E-state index in [1.54, 1.807) is 0 Å². The molecular formula is C48H30N2O. The second kappa shape index (κ2) is 10.6. The predicted molar refractivity (Wildman–Crippen MR) is 207 cm³/mol. The molecule has 2 aromatic heterocycles. The molecule has 11 rings (SSSR count). The van der Waals surface area contributed by atoms with Gasteiger partial charge in [-0.05, 0) is 57.6 Å². The molecule has 0 amide bonds. The zero-order valence-corrected chi connectivity index (χ0v) is 27.6. The molecule has 0 saturated carbocycles. The number of para-hydroxylation sites is 2. The van der Waals surface area contributed by atoms with Gasteiger partial charge in [-0.2, -0.15) is 0 Å². The van der Waals surface area contributed by atoms with Crippen molar-refractivity contribution >= 4 is 21.8 Å². The summed E-state index contributed by atoms with van der Waals surface area (Å²) in [4.78, 5) is 5.43. The average molecular weight is 651 g/mol. The Kier molecular flexibility index (Phi) is 5.88. The summed E-state index contributed by atoms with van der Waals surface area (Å²) in [5, 5.41) is 2.29. The zero-order valence-electron chi connectivity index (χ0n) is 27.6. The molecule has 1 spiro atoms. The molecule has 9 aromatic rings. The SMILES string of the molecule is c1ccc(-c2cc(-c3ccccc3)nc(-n3c4ccccc4c4ccc5c(c43)Oc3ccccc3C53c4ccccc4-c4ccccc43)c2)cc1. The van der Waals surface area contributed by atoms with E-state index in [2.05, 4.69) is 187 Å². The van der Waals surface area contributed by atoms with Crippen LogP contribution in [0.5, 0.6) is 11.5 Å². The Morgan fingerprint density at radius 2 is 1.06 bits per heavy atom. The Bertz CT molecular complexity index is 2730. The number of benzene rings is 7. The lowest BCUT2D eigenvalue weighted by atomic mass is 9.66. The Morgan fingerprint density at radius 3 is 1.80 bits per heavy atom. The van der Waals surface area contributed by atoms with Gasteiger partial charge in [0.2, 0.25) is 0 Å². The minimum atomic E-state index is -0.554. The predicted octanol–water partition coefficient (Wildman–Crippen LogP) is 12.0. The fourth-order valence-electron chi connectivity index (χ4n) is 8.78. The first-order valence-electron chi connectivity index (χ1n) is 17.5. The summed E-state index contributed by atoms with van der Waals surface area (Å²) in [6, 6.07) is 65.1. The summed E-state index contributed by atoms with van der Waals surface area (Å²) in [6.07, 6.45) is 0. The lowest BCUT2D eigenvalue weighted by Gasteiger charge is -2.39. The fraction of sp³-hybridized carbons (Fsp3) is 0.0208. The monoisotopic (exact) mass is 650 g/mol. The van der Waals surface area contributed by atoms with Gasteiger partial charge in [0.25, 0.3) is 0 Å². The van der Waals surface area contributed by atoms with E-state index in [1.165, 1.54) is 22.3 Å². The highest BCUT2D eigenvalue weighted by molar-refractivity contribution is 6.12. The van der Waals surface area contributed by atoms with Crippen LogP contribution in [0.25, 0.3) is 61.1 Å². The Hall–Kier alpha value is -6.71. The molecule has 0 N–H and O–H groups in total. The molecule has 51 heavy (non-hydrogen) atoms. The van der Waals surface area contributed by atoms with Gasteiger partial charge in [0.05, 0.1) is 22.1 Å². The number of hydrogen-bond donors (Lipinski definition) is 0. The molecule has 0 saturated heterocycles. The first-order valence-corrected chi connectivity index (χ1v) is 17.5. The van der Waals surface area contributed by atoms with Crippen molar-refractivity contribution in [3.8, 4) is 50.8 Å². The molecule has 0 radical (unpaired) electrons. The molecule has 3 heterocycles. The van der Waals surface area contributed by atoms with Crippen LogP contribution in [-0.4, -0.2) is 9.55 Å². The Morgan fingerprint density at radius 1 is 0.451 bits per heavy atom. The molecular weight excluding hydrogens is 621 g/mol. The van der Waals surface area contributed by atoms with Crippen molar-refractivity contribution in [1.82, 2.24) is 9.55 Å². The van der Waals surface area contributed by atoms with Crippen molar-refractivity contribution in [2.45, 2.75) is 5.41 Å². The van der Waals surface area contributed by atoms with Crippen molar-refractivity contribution in [2.24, 2.45) is 0 Å². The normalized spacial score (nSPS) is 13.4. The third-order valence-corrected chi connectivity index (χ3v) is 10.9. The first-order chi connectivity index (χ1) is 25.3. The van der Waals surface area contributed by atoms with Crippen LogP contribution in [0.3, 0.4) is 0 Å². The van der Waals surface area contributed by atoms with Crippen molar-refractivity contribution in [3.63, 3.8) is 0 Å². The summed E-state index contributed by atoms with van der Waals surface area (Å²) in [5.41, 5.74) is 13.2. The smallest absolute Gasteiger partial charge is 0.156 e. The quantitative estimate of drug-likeness (QED) is 0.190. The van der Waals surface area contributed by atoms with E-state index < -0.39 is 5.41 Å². The van der Waals surface area contributed by atoms with Crippen molar-refractivity contribution in [3.05, 3.63) is 204 Å². The summed E-state index contributed by atoms with van der Waals surface area (Å²) in [7, 11) is 0. The maximum Gasteiger partial charge on any atom is 0.156 e. The van der Waals surface area contributed by atoms with E-state index in [4.69, 9.17) is 9.72 Å². The van der Waals surface area contributed by atoms with Crippen LogP contribution in [0.2, 0.25) is 0 Å². The topological polar surface area (TPSA) is 27.1 Å². The lowest BCUT2D eigenvalue weighted by molar-refractivity contribution is 0.440. The van der Waals surface area contributed by atoms with Gasteiger partial charge >= 0.3 is 0 Å². The van der Waals surface area contributed by atoms with Crippen LogP contribution >= 0.6 is 0 Å². The number of pyridine rings is 1. The molecule has 3 heteroatoms. The fourth-order valence-corrected chi connectivity index (χ4v) is 8.78. The molecule has 1 aliphatic carbocycles. The van der Waals surface area contributed by atoms with E-state index >= 15 is 0 Å². The van der Waals surface area contributed by atoms with Crippen LogP contribution in [-0.2, 0) is 5.41 Å². The van der Waals surface area contributed by atoms with Gasteiger partial charge < -0.3 is 4.74 Å². The molecule has 238 valence electrons. The highest BCUT2D eigenvalue weighted by Gasteiger charge is 2.51. The molecule has 0 atom stereocenters. The maximum atomic E-state index is 7.18. The largest absolute Gasteiger partial charge is 0.454 e. The number of ether oxygens (including phenoxy) is 1. The van der Waals surface area contributed by atoms with Gasteiger partial charge in [-0.1, -0.05) is 158 Å². The van der Waals surface area contributed by atoms with Crippen LogP contribution in [0.1, 0.15) is 22.3 Å². The van der Waals surface area contributed by atoms with Crippen molar-refractivity contribution < 1.29 is 4.74 Å². The van der Waals surface area contributed by atoms with Crippen molar-refractivity contribution in [2.75, 3.05) is 0 Å². The molecule has 1 aliphatic heterocycles. The maximum absolute atomic E-state index is 7.18. The number of aromatic nitrogens is 2. The van der Waals surface area contributed by atoms with Crippen LogP contribution in [0, 0.1) is 0 Å². The molecule has 0 unspecified atom stereocenters. The van der Waals surface area contributed by atoms with Gasteiger partial charge in [-0.15, -0.1) is 0 Å². The number of rotatable bonds is 3. The van der Waals surface area contributed by atoms with Crippen LogP contribution < -0.4 is 4.74 Å². The van der Waals surface area contributed by atoms with Crippen LogP contribution in [0.15, 0.2) is 182 Å². The van der Waals surface area contributed by atoms with Gasteiger partial charge in [-0.3, -0.25) is 4.57 Å². The lowest BCUT2D eigenvalue weighted by Crippen LogP contribution is -2.32. The number of nitrogens with zero attached hydrogens (tertiary/aromatic N) is 2. The minimum absolute atomic E-state index is 0.554. The summed E-state index contributed by atoms with van der Waals surface area (Å²) >= 11 is 0. The third-order valence-electron chi connectivity index (χ3n) is 10.9. The van der Waals surface area contributed by atoms with Gasteiger partial charge in [0.15, 0.2) is 5.75 Å². The Labute approximate surface area is 295 Å². The molecule has 0 fully saturated rings. The average Bonchev–Trinajstić information content (AvgIpc) is 3.70. The standard InChI is InChI=1S/C48H30N2O/c1-3-15-31(16-4-1)33-29-42(32-17-5-2-6-18-32)49-45(30-33)50-43-25-13-9-21-36(43)37-27-28-41-47(46(37)50)51-44-26-14-12-24-40(44)48(41)38-22-10-7-19-34(38)35-20-8-11-23-39(35)48/h1-30H. The molecule has 3 nitrogen and oxygen atoms in total. The van der Waals surface area contributed by atoms with E-state index in [1.807, 2.05) is 0 Å². The van der Waals surface area contributed by atoms with Gasteiger partial charge in [0.1, 0.15) is 11.6 Å². The summed E-state index contributed by atoms with van der Waals surface area (Å²) in [6.45, 7) is 0. The number of fused-ring (bicyclic) bond motifs is 13. The molecule has 0 bridgehead atoms. The highest BCUT2D eigenvalue weighted by Crippen LogP contribution is 2.63. The minimum Gasteiger partial charge on any atom is -0.454 e. The zero-order chi connectivity index (χ0) is 33.5. The third kappa shape index (κ3) is 3.86. The molecule has 7 aromatic carbocycles. The van der Waals surface area contributed by atoms with E-state index in [0.29, 0.717) is 0 Å². The molecule has 2 aliphatic rings. The first kappa shape index (κ1) is 28.2. The second-order valence-electron chi connectivity index (χ2n) is 13.5. The van der Waals surface area contributed by atoms with E-state index in [-0.39, 0.29) is 0 Å². The summed E-state index contributed by atoms with van der Waals surface area (Å²) in [5.74, 6) is 2.58. The van der Waals surface area contributed by atoms with Crippen LogP contribution in [0.4, 0.5) is 0 Å². The second-order valence-corrected chi connectivity index (χ2v) is 13.5. The summed E-state index contributed by atoms with van der Waals surface area (Å²) < 4.78 is 9.51. The van der Waals surface area contributed by atoms with Gasteiger partial charge in [0, 0.05) is 27.5 Å².